The molecule has 0 aliphatic carbocycles. The van der Waals surface area contributed by atoms with Crippen molar-refractivity contribution in [3.05, 3.63) is 0 Å². The van der Waals surface area contributed by atoms with Gasteiger partial charge in [-0.3, -0.25) is 14.9 Å². The van der Waals surface area contributed by atoms with Crippen LogP contribution in [0.4, 0.5) is 4.79 Å². The van der Waals surface area contributed by atoms with Crippen LogP contribution in [0.5, 0.6) is 0 Å². The monoisotopic (exact) mass is 195 g/mol. The first-order valence-electron chi connectivity index (χ1n) is 3.17. The molecule has 0 fully saturated rings. The Morgan fingerprint density at radius 1 is 1.58 bits per heavy atom. The van der Waals surface area contributed by atoms with Crippen molar-refractivity contribution >= 4 is 19.2 Å². The molecule has 2 amide bonds. The predicted molar refractivity (Wildman–Crippen MR) is 40.7 cm³/mol. The lowest BCUT2D eigenvalue weighted by Crippen LogP contribution is -2.28. The third-order valence-electron chi connectivity index (χ3n) is 1.07. The fourth-order valence-corrected chi connectivity index (χ4v) is 0.793. The summed E-state index contributed by atoms with van der Waals surface area (Å²) in [5.41, 5.74) is -1.29. The zero-order valence-corrected chi connectivity index (χ0v) is 7.63. The molecule has 70 valence electrons. The summed E-state index contributed by atoms with van der Waals surface area (Å²) in [4.78, 5) is 30.0. The molecule has 0 aromatic heterocycles. The fourth-order valence-electron chi connectivity index (χ4n) is 0.361. The minimum absolute atomic E-state index is 0.0649. The quantitative estimate of drug-likeness (QED) is 0.638. The lowest BCUT2D eigenvalue weighted by Gasteiger charge is -2.06. The summed E-state index contributed by atoms with van der Waals surface area (Å²) in [6.45, 7) is 1.51. The van der Waals surface area contributed by atoms with E-state index in [0.717, 1.165) is 7.11 Å². The van der Waals surface area contributed by atoms with Gasteiger partial charge in [-0.2, -0.15) is 0 Å². The maximum atomic E-state index is 10.7. The number of hydrogen-bond acceptors (Lipinski definition) is 4. The van der Waals surface area contributed by atoms with E-state index in [1.54, 1.807) is 5.32 Å². The Balaban J connectivity index is 4.23. The highest BCUT2D eigenvalue weighted by Gasteiger charge is 2.29. The molecule has 2 N–H and O–H groups in total. The molecule has 0 bridgehead atoms. The van der Waals surface area contributed by atoms with E-state index in [2.05, 4.69) is 4.52 Å². The van der Waals surface area contributed by atoms with Gasteiger partial charge in [-0.1, -0.05) is 6.92 Å². The highest BCUT2D eigenvalue weighted by atomic mass is 31.2. The second-order valence-corrected chi connectivity index (χ2v) is 3.72. The van der Waals surface area contributed by atoms with Crippen LogP contribution in [-0.4, -0.2) is 23.6 Å². The van der Waals surface area contributed by atoms with Gasteiger partial charge in [0.1, 0.15) is 0 Å². The molecule has 7 heteroatoms. The van der Waals surface area contributed by atoms with Crippen LogP contribution in [0, 0.1) is 0 Å². The van der Waals surface area contributed by atoms with Gasteiger partial charge in [0.25, 0.3) is 0 Å². The van der Waals surface area contributed by atoms with Crippen LogP contribution >= 0.6 is 7.60 Å². The number of rotatable bonds is 3. The molecule has 0 aromatic rings. The van der Waals surface area contributed by atoms with Gasteiger partial charge in [-0.25, -0.2) is 4.57 Å². The fraction of sp³-hybridized carbons (Fsp3) is 0.600. The number of nitrogens with one attached hydrogen (secondary N) is 1. The Morgan fingerprint density at radius 3 is 2.42 bits per heavy atom. The minimum Gasteiger partial charge on any atom is -0.318 e. The van der Waals surface area contributed by atoms with E-state index in [0.29, 0.717) is 0 Å². The first kappa shape index (κ1) is 11.3. The highest BCUT2D eigenvalue weighted by Crippen LogP contribution is 2.41. The molecular formula is C5H10NO5P. The molecule has 0 rings (SSSR count). The Morgan fingerprint density at radius 2 is 2.08 bits per heavy atom. The van der Waals surface area contributed by atoms with Gasteiger partial charge in [0, 0.05) is 13.5 Å². The summed E-state index contributed by atoms with van der Waals surface area (Å²) >= 11 is 0. The van der Waals surface area contributed by atoms with Gasteiger partial charge in [0.05, 0.1) is 0 Å². The van der Waals surface area contributed by atoms with Gasteiger partial charge in [-0.05, 0) is 0 Å². The van der Waals surface area contributed by atoms with Gasteiger partial charge < -0.3 is 9.42 Å². The molecule has 0 heterocycles. The number of hydrogen-bond donors (Lipinski definition) is 2. The number of carbonyl (C=O) groups excluding carboxylic acids is 2. The summed E-state index contributed by atoms with van der Waals surface area (Å²) in [6, 6.07) is 0. The summed E-state index contributed by atoms with van der Waals surface area (Å²) in [5, 5.41) is 1.70. The van der Waals surface area contributed by atoms with E-state index >= 15 is 0 Å². The Hall–Kier alpha value is -0.710. The van der Waals surface area contributed by atoms with E-state index in [1.165, 1.54) is 6.92 Å². The van der Waals surface area contributed by atoms with Crippen molar-refractivity contribution in [2.24, 2.45) is 0 Å². The standard InChI is InChI=1S/C5H10NO5P/c1-3-4(7)6-5(8)12(9,10)11-2/h3H2,1-2H3,(H,9,10)(H,6,7,8). The van der Waals surface area contributed by atoms with Crippen molar-refractivity contribution in [3.8, 4) is 0 Å². The topological polar surface area (TPSA) is 92.7 Å². The lowest BCUT2D eigenvalue weighted by atomic mass is 10.5. The van der Waals surface area contributed by atoms with Crippen LogP contribution in [-0.2, 0) is 13.9 Å². The van der Waals surface area contributed by atoms with Gasteiger partial charge in [-0.15, -0.1) is 0 Å². The predicted octanol–water partition coefficient (Wildman–Crippen LogP) is 0.464. The Kier molecular flexibility index (Phi) is 4.09. The molecule has 1 atom stereocenters. The van der Waals surface area contributed by atoms with E-state index in [-0.39, 0.29) is 6.42 Å². The second-order valence-electron chi connectivity index (χ2n) is 1.91. The maximum absolute atomic E-state index is 10.7. The first-order valence-corrected chi connectivity index (χ1v) is 4.74. The number of carbonyl (C=O) groups is 2. The number of imide groups is 1. The third-order valence-corrected chi connectivity index (χ3v) is 2.19. The number of amides is 2. The molecule has 0 saturated heterocycles. The molecule has 12 heavy (non-hydrogen) atoms. The first-order chi connectivity index (χ1) is 5.44. The second kappa shape index (κ2) is 4.35. The van der Waals surface area contributed by atoms with E-state index in [9.17, 15) is 14.2 Å². The van der Waals surface area contributed by atoms with Crippen LogP contribution in [0.1, 0.15) is 13.3 Å². The third kappa shape index (κ3) is 3.13. The van der Waals surface area contributed by atoms with Gasteiger partial charge in [0.15, 0.2) is 0 Å². The summed E-state index contributed by atoms with van der Waals surface area (Å²) in [5.74, 6) is -0.619. The van der Waals surface area contributed by atoms with Crippen molar-refractivity contribution in [2.45, 2.75) is 13.3 Å². The Labute approximate surface area is 69.4 Å². The van der Waals surface area contributed by atoms with Crippen LogP contribution in [0.3, 0.4) is 0 Å². The molecule has 0 saturated carbocycles. The minimum atomic E-state index is -4.30. The molecule has 0 spiro atoms. The summed E-state index contributed by atoms with van der Waals surface area (Å²) in [6.07, 6.45) is 0.0649. The summed E-state index contributed by atoms with van der Waals surface area (Å²) < 4.78 is 14.7. The highest BCUT2D eigenvalue weighted by molar-refractivity contribution is 7.70. The van der Waals surface area contributed by atoms with Crippen molar-refractivity contribution in [1.29, 1.82) is 0 Å². The molecular weight excluding hydrogens is 185 g/mol. The maximum Gasteiger partial charge on any atom is 0.415 e. The zero-order chi connectivity index (χ0) is 9.78. The zero-order valence-electron chi connectivity index (χ0n) is 6.73. The average molecular weight is 195 g/mol. The summed E-state index contributed by atoms with van der Waals surface area (Å²) in [7, 11) is -3.39. The van der Waals surface area contributed by atoms with Crippen LogP contribution in [0.2, 0.25) is 0 Å². The molecule has 0 radical (unpaired) electrons. The molecule has 6 nitrogen and oxygen atoms in total. The van der Waals surface area contributed by atoms with Gasteiger partial charge in [0.2, 0.25) is 5.91 Å². The Bertz CT molecular complexity index is 238. The van der Waals surface area contributed by atoms with Crippen LogP contribution in [0.25, 0.3) is 0 Å². The average Bonchev–Trinajstić information content (AvgIpc) is 2.04. The SMILES string of the molecule is CCC(=O)NC(=O)P(=O)(O)OC. The van der Waals surface area contributed by atoms with Crippen molar-refractivity contribution in [3.63, 3.8) is 0 Å². The smallest absolute Gasteiger partial charge is 0.318 e. The van der Waals surface area contributed by atoms with Crippen LogP contribution < -0.4 is 5.32 Å². The molecule has 1 unspecified atom stereocenters. The normalized spacial score (nSPS) is 14.9. The van der Waals surface area contributed by atoms with Gasteiger partial charge >= 0.3 is 13.2 Å². The molecule has 0 aromatic carbocycles. The van der Waals surface area contributed by atoms with E-state index < -0.39 is 19.2 Å². The van der Waals surface area contributed by atoms with E-state index in [4.69, 9.17) is 4.89 Å². The largest absolute Gasteiger partial charge is 0.415 e. The lowest BCUT2D eigenvalue weighted by molar-refractivity contribution is -0.119. The van der Waals surface area contributed by atoms with Crippen molar-refractivity contribution in [2.75, 3.05) is 7.11 Å². The van der Waals surface area contributed by atoms with Crippen molar-refractivity contribution in [1.82, 2.24) is 5.32 Å². The molecule has 0 aliphatic rings. The molecule has 0 aliphatic heterocycles. The van der Waals surface area contributed by atoms with Crippen LogP contribution in [0.15, 0.2) is 0 Å². The van der Waals surface area contributed by atoms with Crippen molar-refractivity contribution < 1.29 is 23.6 Å². The van der Waals surface area contributed by atoms with E-state index in [1.807, 2.05) is 0 Å².